The van der Waals surface area contributed by atoms with Gasteiger partial charge in [0.1, 0.15) is 11.3 Å². The number of hydrogen-bond donors (Lipinski definition) is 0. The van der Waals surface area contributed by atoms with Crippen LogP contribution >= 0.6 is 0 Å². The first kappa shape index (κ1) is 14.5. The Balaban J connectivity index is 3.24. The first-order valence-corrected chi connectivity index (χ1v) is 7.43. The topological polar surface area (TPSA) is 69.7 Å². The summed E-state index contributed by atoms with van der Waals surface area (Å²) in [4.78, 5) is 11.8. The summed E-state index contributed by atoms with van der Waals surface area (Å²) < 4.78 is 33.0. The molecule has 0 N–H and O–H groups in total. The van der Waals surface area contributed by atoms with Crippen molar-refractivity contribution in [3.8, 4) is 5.75 Å². The molecule has 0 bridgehead atoms. The minimum atomic E-state index is -3.33. The van der Waals surface area contributed by atoms with Gasteiger partial charge >= 0.3 is 5.97 Å². The molecule has 0 heterocycles. The Morgan fingerprint density at radius 2 is 1.89 bits per heavy atom. The fourth-order valence-electron chi connectivity index (χ4n) is 1.39. The van der Waals surface area contributed by atoms with Crippen LogP contribution in [0.25, 0.3) is 0 Å². The maximum Gasteiger partial charge on any atom is 0.341 e. The van der Waals surface area contributed by atoms with E-state index in [-0.39, 0.29) is 22.8 Å². The van der Waals surface area contributed by atoms with Crippen LogP contribution < -0.4 is 4.74 Å². The van der Waals surface area contributed by atoms with Crippen molar-refractivity contribution in [3.05, 3.63) is 23.8 Å². The second-order valence-electron chi connectivity index (χ2n) is 3.58. The van der Waals surface area contributed by atoms with Crippen molar-refractivity contribution in [2.45, 2.75) is 18.7 Å². The first-order valence-electron chi connectivity index (χ1n) is 5.54. The number of sulfone groups is 1. The van der Waals surface area contributed by atoms with Crippen molar-refractivity contribution in [1.29, 1.82) is 0 Å². The minimum Gasteiger partial charge on any atom is -0.493 e. The van der Waals surface area contributed by atoms with Crippen molar-refractivity contribution >= 4 is 15.8 Å². The number of ether oxygens (including phenoxy) is 2. The molecule has 1 rings (SSSR count). The molecule has 0 saturated carbocycles. The molecule has 0 aliphatic carbocycles. The number of benzene rings is 1. The van der Waals surface area contributed by atoms with Gasteiger partial charge in [0.25, 0.3) is 0 Å². The average molecular weight is 272 g/mol. The highest BCUT2D eigenvalue weighted by molar-refractivity contribution is 7.90. The number of esters is 1. The number of carbonyl (C=O) groups is 1. The zero-order valence-corrected chi connectivity index (χ0v) is 11.4. The molecule has 0 unspecified atom stereocenters. The molecule has 100 valence electrons. The normalized spacial score (nSPS) is 11.1. The van der Waals surface area contributed by atoms with E-state index in [9.17, 15) is 13.2 Å². The Morgan fingerprint density at radius 3 is 2.39 bits per heavy atom. The van der Waals surface area contributed by atoms with E-state index in [1.807, 2.05) is 0 Å². The summed E-state index contributed by atoms with van der Waals surface area (Å²) in [5.74, 6) is -0.306. The molecule has 0 aliphatic rings. The molecular formula is C12H16O5S. The van der Waals surface area contributed by atoms with Crippen LogP contribution in [0.15, 0.2) is 23.1 Å². The Labute approximate surface area is 107 Å². The molecule has 0 atom stereocenters. The molecule has 0 radical (unpaired) electrons. The fourth-order valence-corrected chi connectivity index (χ4v) is 2.02. The van der Waals surface area contributed by atoms with E-state index in [4.69, 9.17) is 9.47 Å². The summed E-state index contributed by atoms with van der Waals surface area (Å²) in [6, 6.07) is 4.11. The molecule has 0 spiro atoms. The Kier molecular flexibility index (Phi) is 4.72. The summed E-state index contributed by atoms with van der Waals surface area (Å²) in [5, 5.41) is 0. The smallest absolute Gasteiger partial charge is 0.341 e. The van der Waals surface area contributed by atoms with E-state index in [1.165, 1.54) is 18.2 Å². The molecule has 1 aromatic carbocycles. The van der Waals surface area contributed by atoms with E-state index in [0.717, 1.165) is 6.26 Å². The fraction of sp³-hybridized carbons (Fsp3) is 0.417. The molecule has 6 heteroatoms. The van der Waals surface area contributed by atoms with Crippen molar-refractivity contribution in [1.82, 2.24) is 0 Å². The van der Waals surface area contributed by atoms with Crippen molar-refractivity contribution < 1.29 is 22.7 Å². The van der Waals surface area contributed by atoms with Crippen LogP contribution in [0.2, 0.25) is 0 Å². The zero-order chi connectivity index (χ0) is 13.8. The Bertz CT molecular complexity index is 533. The van der Waals surface area contributed by atoms with Gasteiger partial charge in [0.05, 0.1) is 18.1 Å². The number of carbonyl (C=O) groups excluding carboxylic acids is 1. The third-order valence-corrected chi connectivity index (χ3v) is 3.29. The van der Waals surface area contributed by atoms with Gasteiger partial charge in [-0.05, 0) is 32.0 Å². The summed E-state index contributed by atoms with van der Waals surface area (Å²) in [5.41, 5.74) is 0.228. The summed E-state index contributed by atoms with van der Waals surface area (Å²) in [7, 11) is -3.33. The van der Waals surface area contributed by atoms with Gasteiger partial charge < -0.3 is 9.47 Å². The SMILES string of the molecule is CCOC(=O)c1ccc(S(C)(=O)=O)cc1OCC. The Morgan fingerprint density at radius 1 is 1.22 bits per heavy atom. The van der Waals surface area contributed by atoms with Crippen LogP contribution in [0.1, 0.15) is 24.2 Å². The van der Waals surface area contributed by atoms with E-state index in [1.54, 1.807) is 13.8 Å². The van der Waals surface area contributed by atoms with Crippen molar-refractivity contribution in [3.63, 3.8) is 0 Å². The van der Waals surface area contributed by atoms with Gasteiger partial charge in [0.15, 0.2) is 9.84 Å². The molecule has 1 aromatic rings. The van der Waals surface area contributed by atoms with Gasteiger partial charge in [-0.15, -0.1) is 0 Å². The molecule has 18 heavy (non-hydrogen) atoms. The Hall–Kier alpha value is -1.56. The van der Waals surface area contributed by atoms with Crippen molar-refractivity contribution in [2.75, 3.05) is 19.5 Å². The van der Waals surface area contributed by atoms with Crippen LogP contribution in [0, 0.1) is 0 Å². The van der Waals surface area contributed by atoms with Gasteiger partial charge in [-0.25, -0.2) is 13.2 Å². The molecule has 5 nitrogen and oxygen atoms in total. The highest BCUT2D eigenvalue weighted by atomic mass is 32.2. The lowest BCUT2D eigenvalue weighted by molar-refractivity contribution is 0.0522. The van der Waals surface area contributed by atoms with E-state index < -0.39 is 15.8 Å². The highest BCUT2D eigenvalue weighted by Crippen LogP contribution is 2.24. The second kappa shape index (κ2) is 5.86. The first-order chi connectivity index (χ1) is 8.40. The number of rotatable bonds is 5. The van der Waals surface area contributed by atoms with Crippen LogP contribution in [-0.2, 0) is 14.6 Å². The molecule has 0 fully saturated rings. The number of hydrogen-bond acceptors (Lipinski definition) is 5. The highest BCUT2D eigenvalue weighted by Gasteiger charge is 2.17. The van der Waals surface area contributed by atoms with Gasteiger partial charge in [-0.2, -0.15) is 0 Å². The van der Waals surface area contributed by atoms with Crippen LogP contribution in [-0.4, -0.2) is 33.9 Å². The standard InChI is InChI=1S/C12H16O5S/c1-4-16-11-8-9(18(3,14)15)6-7-10(11)12(13)17-5-2/h6-8H,4-5H2,1-3H3. The van der Waals surface area contributed by atoms with Crippen LogP contribution in [0.5, 0.6) is 5.75 Å². The molecule has 0 aromatic heterocycles. The lowest BCUT2D eigenvalue weighted by atomic mass is 10.2. The predicted molar refractivity (Wildman–Crippen MR) is 66.7 cm³/mol. The summed E-state index contributed by atoms with van der Waals surface area (Å²) in [6.07, 6.45) is 1.10. The average Bonchev–Trinajstić information content (AvgIpc) is 2.28. The predicted octanol–water partition coefficient (Wildman–Crippen LogP) is 1.67. The molecule has 0 aliphatic heterocycles. The van der Waals surface area contributed by atoms with E-state index in [2.05, 4.69) is 0 Å². The monoisotopic (exact) mass is 272 g/mol. The van der Waals surface area contributed by atoms with E-state index in [0.29, 0.717) is 6.61 Å². The maximum absolute atomic E-state index is 11.6. The van der Waals surface area contributed by atoms with Crippen LogP contribution in [0.4, 0.5) is 0 Å². The zero-order valence-electron chi connectivity index (χ0n) is 10.6. The summed E-state index contributed by atoms with van der Waals surface area (Å²) >= 11 is 0. The largest absolute Gasteiger partial charge is 0.493 e. The van der Waals surface area contributed by atoms with Gasteiger partial charge in [-0.3, -0.25) is 0 Å². The lowest BCUT2D eigenvalue weighted by Crippen LogP contribution is -2.09. The van der Waals surface area contributed by atoms with Crippen LogP contribution in [0.3, 0.4) is 0 Å². The van der Waals surface area contributed by atoms with Gasteiger partial charge in [0.2, 0.25) is 0 Å². The lowest BCUT2D eigenvalue weighted by Gasteiger charge is -2.10. The molecular weight excluding hydrogens is 256 g/mol. The minimum absolute atomic E-state index is 0.110. The summed E-state index contributed by atoms with van der Waals surface area (Å²) in [6.45, 7) is 4.03. The van der Waals surface area contributed by atoms with Gasteiger partial charge in [-0.1, -0.05) is 0 Å². The van der Waals surface area contributed by atoms with Crippen molar-refractivity contribution in [2.24, 2.45) is 0 Å². The van der Waals surface area contributed by atoms with E-state index >= 15 is 0 Å². The third kappa shape index (κ3) is 3.46. The van der Waals surface area contributed by atoms with Gasteiger partial charge in [0, 0.05) is 6.26 Å². The quantitative estimate of drug-likeness (QED) is 0.762. The maximum atomic E-state index is 11.6. The molecule has 0 saturated heterocycles. The third-order valence-electron chi connectivity index (χ3n) is 2.18. The molecule has 0 amide bonds. The second-order valence-corrected chi connectivity index (χ2v) is 5.60.